The van der Waals surface area contributed by atoms with Gasteiger partial charge in [0.05, 0.1) is 17.6 Å². The maximum absolute atomic E-state index is 13.4. The Morgan fingerprint density at radius 2 is 1.56 bits per heavy atom. The summed E-state index contributed by atoms with van der Waals surface area (Å²) in [6.45, 7) is 4.29. The van der Waals surface area contributed by atoms with Crippen LogP contribution in [0.5, 0.6) is 0 Å². The van der Waals surface area contributed by atoms with Crippen LogP contribution < -0.4 is 10.6 Å². The number of ether oxygens (including phenoxy) is 1. The first-order valence-corrected chi connectivity index (χ1v) is 16.7. The molecule has 1 aromatic heterocycles. The van der Waals surface area contributed by atoms with E-state index in [1.165, 1.54) is 52.6 Å². The number of rotatable bonds is 10. The largest absolute Gasteiger partial charge is 0.453 e. The summed E-state index contributed by atoms with van der Waals surface area (Å²) in [5, 5.41) is 5.36. The molecule has 1 aliphatic heterocycles. The fourth-order valence-electron chi connectivity index (χ4n) is 5.22. The van der Waals surface area contributed by atoms with Crippen LogP contribution in [0.4, 0.5) is 9.80 Å². The van der Waals surface area contributed by atoms with Crippen molar-refractivity contribution in [1.82, 2.24) is 14.5 Å². The molecule has 2 heterocycles. The van der Waals surface area contributed by atoms with Gasteiger partial charge in [0.15, 0.2) is 0 Å². The van der Waals surface area contributed by atoms with Crippen LogP contribution in [0.2, 0.25) is 0 Å². The Bertz CT molecular complexity index is 1780. The number of carbonyl (C=O) groups excluding carboxylic acids is 3. The molecule has 0 atom stereocenters. The summed E-state index contributed by atoms with van der Waals surface area (Å²) >= 11 is 1.29. The minimum atomic E-state index is -3.81. The van der Waals surface area contributed by atoms with E-state index in [-0.39, 0.29) is 29.1 Å². The average Bonchev–Trinajstić information content (AvgIpc) is 3.41. The van der Waals surface area contributed by atoms with Crippen molar-refractivity contribution in [1.29, 1.82) is 0 Å². The zero-order valence-corrected chi connectivity index (χ0v) is 26.6. The van der Waals surface area contributed by atoms with Gasteiger partial charge in [0.1, 0.15) is 5.00 Å². The van der Waals surface area contributed by atoms with E-state index in [0.29, 0.717) is 24.5 Å². The number of benzene rings is 3. The minimum Gasteiger partial charge on any atom is -0.453 e. The van der Waals surface area contributed by atoms with Crippen LogP contribution in [-0.4, -0.2) is 55.7 Å². The third-order valence-electron chi connectivity index (χ3n) is 7.55. The smallest absolute Gasteiger partial charge is 0.413 e. The molecule has 0 radical (unpaired) electrons. The molecule has 45 heavy (non-hydrogen) atoms. The Balaban J connectivity index is 1.36. The zero-order chi connectivity index (χ0) is 32.0. The summed E-state index contributed by atoms with van der Waals surface area (Å²) in [5.74, 6) is -1.17. The first kappa shape index (κ1) is 32.0. The van der Waals surface area contributed by atoms with Gasteiger partial charge in [-0.15, -0.1) is 11.3 Å². The molecule has 0 bridgehead atoms. The molecule has 12 heteroatoms. The van der Waals surface area contributed by atoms with E-state index in [0.717, 1.165) is 22.5 Å². The topological polar surface area (TPSA) is 125 Å². The molecule has 0 saturated carbocycles. The Hall–Kier alpha value is -4.36. The van der Waals surface area contributed by atoms with Crippen molar-refractivity contribution in [2.24, 2.45) is 0 Å². The van der Waals surface area contributed by atoms with Crippen molar-refractivity contribution in [3.63, 3.8) is 0 Å². The lowest BCUT2D eigenvalue weighted by Gasteiger charge is -2.27. The number of amides is 3. The van der Waals surface area contributed by atoms with Crippen molar-refractivity contribution in [3.05, 3.63) is 118 Å². The van der Waals surface area contributed by atoms with Crippen LogP contribution >= 0.6 is 11.3 Å². The molecule has 0 fully saturated rings. The monoisotopic (exact) mass is 646 g/mol. The van der Waals surface area contributed by atoms with E-state index < -0.39 is 27.9 Å². The number of imide groups is 1. The van der Waals surface area contributed by atoms with Crippen LogP contribution in [0.15, 0.2) is 89.8 Å². The number of nitrogens with zero attached hydrogens (tertiary/aromatic N) is 2. The summed E-state index contributed by atoms with van der Waals surface area (Å²) in [4.78, 5) is 41.7. The maximum Gasteiger partial charge on any atom is 0.413 e. The third kappa shape index (κ3) is 7.48. The van der Waals surface area contributed by atoms with Crippen LogP contribution in [-0.2, 0) is 40.8 Å². The van der Waals surface area contributed by atoms with Gasteiger partial charge in [-0.05, 0) is 47.4 Å². The Morgan fingerprint density at radius 3 is 2.18 bits per heavy atom. The number of nitrogens with one attached hydrogen (secondary N) is 2. The minimum absolute atomic E-state index is 0.0695. The molecular weight excluding hydrogens is 613 g/mol. The first-order valence-electron chi connectivity index (χ1n) is 14.4. The van der Waals surface area contributed by atoms with Gasteiger partial charge in [0, 0.05) is 43.2 Å². The Morgan fingerprint density at radius 1 is 0.911 bits per heavy atom. The molecule has 10 nitrogen and oxygen atoms in total. The number of hydrogen-bond donors (Lipinski definition) is 2. The zero-order valence-electron chi connectivity index (χ0n) is 25.0. The third-order valence-corrected chi connectivity index (χ3v) is 10.6. The van der Waals surface area contributed by atoms with Gasteiger partial charge in [-0.1, -0.05) is 67.6 Å². The molecule has 0 unspecified atom stereocenters. The molecular formula is C33H34N4O6S2. The lowest BCUT2D eigenvalue weighted by molar-refractivity contribution is 0.0936. The first-order chi connectivity index (χ1) is 21.7. The van der Waals surface area contributed by atoms with Crippen molar-refractivity contribution >= 4 is 44.3 Å². The second-order valence-corrected chi connectivity index (χ2v) is 13.5. The number of anilines is 1. The Labute approximate surface area is 266 Å². The molecule has 2 N–H and O–H groups in total. The van der Waals surface area contributed by atoms with Gasteiger partial charge in [-0.2, -0.15) is 4.31 Å². The number of carbonyl (C=O) groups is 3. The van der Waals surface area contributed by atoms with E-state index in [1.54, 1.807) is 6.92 Å². The van der Waals surface area contributed by atoms with Gasteiger partial charge < -0.3 is 10.1 Å². The van der Waals surface area contributed by atoms with Crippen LogP contribution in [0.3, 0.4) is 0 Å². The molecule has 234 valence electrons. The summed E-state index contributed by atoms with van der Waals surface area (Å²) in [6, 6.07) is 25.1. The molecule has 0 aliphatic carbocycles. The molecule has 0 saturated heterocycles. The number of fused-ring (bicyclic) bond motifs is 1. The van der Waals surface area contributed by atoms with E-state index in [9.17, 15) is 22.8 Å². The highest BCUT2D eigenvalue weighted by atomic mass is 32.2. The van der Waals surface area contributed by atoms with Crippen LogP contribution in [0.25, 0.3) is 0 Å². The van der Waals surface area contributed by atoms with Crippen molar-refractivity contribution in [2.45, 2.75) is 37.9 Å². The normalized spacial score (nSPS) is 13.2. The van der Waals surface area contributed by atoms with Gasteiger partial charge in [-0.25, -0.2) is 13.2 Å². The predicted octanol–water partition coefficient (Wildman–Crippen LogP) is 5.27. The van der Waals surface area contributed by atoms with E-state index >= 15 is 0 Å². The van der Waals surface area contributed by atoms with Gasteiger partial charge in [0.25, 0.3) is 11.8 Å². The summed E-state index contributed by atoms with van der Waals surface area (Å²) < 4.78 is 32.7. The number of sulfonamides is 1. The second kappa shape index (κ2) is 14.2. The predicted molar refractivity (Wildman–Crippen MR) is 173 cm³/mol. The SMILES string of the molecule is CCN(Cc1ccccc1)S(=O)(=O)c1ccc(C(=O)Nc2sc3c(c2C(=O)NC(=O)OC)CCN(Cc2ccccc2)C3)cc1. The number of alkyl carbamates (subject to hydrolysis) is 1. The standard InChI is InChI=1S/C33H34N4O6S2/c1-3-37(21-24-12-8-5-9-13-24)45(41,42)26-16-14-25(15-17-26)30(38)34-32-29(31(39)35-33(40)43-2)27-18-19-36(22-28(27)44-32)20-23-10-6-4-7-11-23/h4-17H,3,18-22H2,1-2H3,(H,34,38)(H,35,39,40). The van der Waals surface area contributed by atoms with Crippen molar-refractivity contribution < 1.29 is 27.5 Å². The quantitative estimate of drug-likeness (QED) is 0.241. The van der Waals surface area contributed by atoms with E-state index in [1.807, 2.05) is 48.5 Å². The van der Waals surface area contributed by atoms with Crippen molar-refractivity contribution in [3.8, 4) is 0 Å². The van der Waals surface area contributed by atoms with Crippen LogP contribution in [0.1, 0.15) is 49.2 Å². The lowest BCUT2D eigenvalue weighted by Crippen LogP contribution is -2.33. The molecule has 5 rings (SSSR count). The summed E-state index contributed by atoms with van der Waals surface area (Å²) in [5.41, 5.74) is 3.26. The Kier molecular flexibility index (Phi) is 10.1. The van der Waals surface area contributed by atoms with Gasteiger partial charge >= 0.3 is 6.09 Å². The fourth-order valence-corrected chi connectivity index (χ4v) is 7.94. The molecule has 0 spiro atoms. The number of thiophene rings is 1. The van der Waals surface area contributed by atoms with Crippen molar-refractivity contribution in [2.75, 3.05) is 25.5 Å². The molecule has 3 aromatic carbocycles. The van der Waals surface area contributed by atoms with Gasteiger partial charge in [-0.3, -0.25) is 19.8 Å². The molecule has 4 aromatic rings. The second-order valence-electron chi connectivity index (χ2n) is 10.5. The highest BCUT2D eigenvalue weighted by Gasteiger charge is 2.30. The maximum atomic E-state index is 13.4. The van der Waals surface area contributed by atoms with Gasteiger partial charge in [0.2, 0.25) is 10.0 Å². The fraction of sp³-hybridized carbons (Fsp3) is 0.242. The average molecular weight is 647 g/mol. The van der Waals surface area contributed by atoms with E-state index in [2.05, 4.69) is 32.4 Å². The lowest BCUT2D eigenvalue weighted by atomic mass is 10.0. The molecule has 1 aliphatic rings. The van der Waals surface area contributed by atoms with Crippen LogP contribution in [0, 0.1) is 0 Å². The highest BCUT2D eigenvalue weighted by Crippen LogP contribution is 2.38. The number of hydrogen-bond acceptors (Lipinski definition) is 8. The highest BCUT2D eigenvalue weighted by molar-refractivity contribution is 7.89. The summed E-state index contributed by atoms with van der Waals surface area (Å²) in [6.07, 6.45) is -0.342. The van der Waals surface area contributed by atoms with E-state index in [4.69, 9.17) is 0 Å². The summed E-state index contributed by atoms with van der Waals surface area (Å²) in [7, 11) is -2.64. The molecule has 3 amide bonds. The number of methoxy groups -OCH3 is 1.